The predicted octanol–water partition coefficient (Wildman–Crippen LogP) is 3.90. The van der Waals surface area contributed by atoms with Gasteiger partial charge < -0.3 is 15.0 Å². The molecule has 0 saturated heterocycles. The van der Waals surface area contributed by atoms with Crippen LogP contribution in [-0.2, 0) is 10.0 Å². The summed E-state index contributed by atoms with van der Waals surface area (Å²) in [5.41, 5.74) is 1.14. The number of carbonyl (C=O) groups is 1. The van der Waals surface area contributed by atoms with Crippen molar-refractivity contribution in [3.63, 3.8) is 0 Å². The number of hydrogen-bond donors (Lipinski definition) is 2. The number of ether oxygens (including phenoxy) is 1. The van der Waals surface area contributed by atoms with Crippen LogP contribution in [0.4, 0.5) is 5.69 Å². The van der Waals surface area contributed by atoms with Crippen LogP contribution in [0.5, 0.6) is 5.75 Å². The van der Waals surface area contributed by atoms with Crippen LogP contribution >= 0.6 is 11.3 Å². The molecule has 7 nitrogen and oxygen atoms in total. The summed E-state index contributed by atoms with van der Waals surface area (Å²) in [5.74, 6) is 0.0769. The predicted molar refractivity (Wildman–Crippen MR) is 128 cm³/mol. The van der Waals surface area contributed by atoms with Gasteiger partial charge in [-0.05, 0) is 62.3 Å². The zero-order chi connectivity index (χ0) is 23.3. The Balaban J connectivity index is 1.80. The molecule has 0 aliphatic carbocycles. The fraction of sp³-hybridized carbons (Fsp3) is 0.261. The molecule has 1 heterocycles. The largest absolute Gasteiger partial charge is 0.495 e. The second kappa shape index (κ2) is 10.2. The van der Waals surface area contributed by atoms with Crippen LogP contribution < -0.4 is 14.8 Å². The van der Waals surface area contributed by atoms with Crippen molar-refractivity contribution >= 4 is 33.0 Å². The molecule has 0 aliphatic heterocycles. The van der Waals surface area contributed by atoms with Gasteiger partial charge in [0.05, 0.1) is 23.7 Å². The molecule has 170 valence electrons. The number of likely N-dealkylation sites (N-methyl/N-ethyl adjacent to an activating group) is 1. The molecule has 0 bridgehead atoms. The molecule has 3 aromatic rings. The smallest absolute Gasteiger partial charge is 0.262 e. The first-order valence-corrected chi connectivity index (χ1v) is 12.3. The Morgan fingerprint density at radius 3 is 2.53 bits per heavy atom. The van der Waals surface area contributed by atoms with Gasteiger partial charge in [-0.25, -0.2) is 8.42 Å². The van der Waals surface area contributed by atoms with Crippen molar-refractivity contribution < 1.29 is 17.9 Å². The molecule has 1 amide bonds. The first kappa shape index (κ1) is 23.8. The number of rotatable bonds is 9. The van der Waals surface area contributed by atoms with Gasteiger partial charge in [0.2, 0.25) is 0 Å². The molecular formula is C23H27N3O4S2. The second-order valence-electron chi connectivity index (χ2n) is 7.49. The lowest BCUT2D eigenvalue weighted by Crippen LogP contribution is -2.34. The Labute approximate surface area is 193 Å². The number of amides is 1. The Morgan fingerprint density at radius 2 is 1.88 bits per heavy atom. The van der Waals surface area contributed by atoms with E-state index in [4.69, 9.17) is 4.74 Å². The monoisotopic (exact) mass is 473 g/mol. The van der Waals surface area contributed by atoms with Gasteiger partial charge in [-0.2, -0.15) is 0 Å². The fourth-order valence-electron chi connectivity index (χ4n) is 3.27. The van der Waals surface area contributed by atoms with Crippen molar-refractivity contribution in [2.45, 2.75) is 17.9 Å². The molecule has 0 fully saturated rings. The van der Waals surface area contributed by atoms with Gasteiger partial charge in [0.1, 0.15) is 5.75 Å². The highest BCUT2D eigenvalue weighted by atomic mass is 32.2. The number of nitrogens with one attached hydrogen (secondary N) is 2. The first-order valence-electron chi connectivity index (χ1n) is 9.97. The topological polar surface area (TPSA) is 87.7 Å². The molecule has 0 radical (unpaired) electrons. The summed E-state index contributed by atoms with van der Waals surface area (Å²) in [7, 11) is 1.45. The minimum atomic E-state index is -3.93. The number of sulfonamides is 1. The lowest BCUT2D eigenvalue weighted by molar-refractivity contribution is 0.0942. The van der Waals surface area contributed by atoms with Gasteiger partial charge >= 0.3 is 0 Å². The van der Waals surface area contributed by atoms with E-state index in [0.717, 1.165) is 4.88 Å². The van der Waals surface area contributed by atoms with Crippen LogP contribution in [0.2, 0.25) is 0 Å². The molecule has 1 atom stereocenters. The van der Waals surface area contributed by atoms with E-state index in [1.165, 1.54) is 13.2 Å². The average Bonchev–Trinajstić information content (AvgIpc) is 3.28. The number of para-hydroxylation sites is 2. The summed E-state index contributed by atoms with van der Waals surface area (Å²) < 4.78 is 33.9. The average molecular weight is 474 g/mol. The molecule has 0 aliphatic rings. The summed E-state index contributed by atoms with van der Waals surface area (Å²) in [6.07, 6.45) is 0. The van der Waals surface area contributed by atoms with Crippen LogP contribution in [0.15, 0.2) is 64.9 Å². The quantitative estimate of drug-likeness (QED) is 0.492. The van der Waals surface area contributed by atoms with Crippen LogP contribution in [-0.4, -0.2) is 47.0 Å². The third-order valence-corrected chi connectivity index (χ3v) is 7.52. The number of hydrogen-bond acceptors (Lipinski definition) is 6. The second-order valence-corrected chi connectivity index (χ2v) is 10.1. The molecule has 9 heteroatoms. The third kappa shape index (κ3) is 5.48. The number of aryl methyl sites for hydroxylation is 1. The highest BCUT2D eigenvalue weighted by Gasteiger charge is 2.22. The Bertz CT molecular complexity index is 1180. The number of carbonyl (C=O) groups excluding carboxylic acids is 1. The zero-order valence-electron chi connectivity index (χ0n) is 18.5. The molecule has 2 N–H and O–H groups in total. The van der Waals surface area contributed by atoms with Gasteiger partial charge in [0.25, 0.3) is 15.9 Å². The SMILES string of the molecule is COc1ccccc1NS(=O)(=O)c1cc(C(=O)NCC(c2cccs2)N(C)C)ccc1C. The number of nitrogens with zero attached hydrogens (tertiary/aromatic N) is 1. The van der Waals surface area contributed by atoms with Crippen LogP contribution in [0.25, 0.3) is 0 Å². The van der Waals surface area contributed by atoms with Crippen LogP contribution in [0.1, 0.15) is 26.8 Å². The maximum absolute atomic E-state index is 13.1. The lowest BCUT2D eigenvalue weighted by atomic mass is 10.1. The van der Waals surface area contributed by atoms with E-state index < -0.39 is 10.0 Å². The van der Waals surface area contributed by atoms with Gasteiger partial charge in [-0.15, -0.1) is 11.3 Å². The Kier molecular flexibility index (Phi) is 7.55. The van der Waals surface area contributed by atoms with Crippen LogP contribution in [0, 0.1) is 6.92 Å². The van der Waals surface area contributed by atoms with E-state index in [0.29, 0.717) is 23.5 Å². The fourth-order valence-corrected chi connectivity index (χ4v) is 5.53. The maximum atomic E-state index is 13.1. The third-order valence-electron chi connectivity index (χ3n) is 5.04. The number of benzene rings is 2. The van der Waals surface area contributed by atoms with E-state index in [1.54, 1.807) is 54.7 Å². The summed E-state index contributed by atoms with van der Waals surface area (Å²) in [4.78, 5) is 16.0. The summed E-state index contributed by atoms with van der Waals surface area (Å²) in [5, 5.41) is 4.93. The van der Waals surface area contributed by atoms with Crippen molar-refractivity contribution in [2.75, 3.05) is 32.5 Å². The van der Waals surface area contributed by atoms with Crippen molar-refractivity contribution in [3.05, 3.63) is 76.0 Å². The Hall–Kier alpha value is -2.88. The van der Waals surface area contributed by atoms with E-state index in [9.17, 15) is 13.2 Å². The number of thiophene rings is 1. The number of methoxy groups -OCH3 is 1. The lowest BCUT2D eigenvalue weighted by Gasteiger charge is -2.23. The van der Waals surface area contributed by atoms with Crippen molar-refractivity contribution in [2.24, 2.45) is 0 Å². The number of anilines is 1. The maximum Gasteiger partial charge on any atom is 0.262 e. The van der Waals surface area contributed by atoms with E-state index in [-0.39, 0.29) is 22.4 Å². The van der Waals surface area contributed by atoms with Gasteiger partial charge in [-0.3, -0.25) is 9.52 Å². The molecule has 32 heavy (non-hydrogen) atoms. The van der Waals surface area contributed by atoms with E-state index >= 15 is 0 Å². The van der Waals surface area contributed by atoms with Crippen molar-refractivity contribution in [1.29, 1.82) is 0 Å². The summed E-state index contributed by atoms with van der Waals surface area (Å²) >= 11 is 1.63. The van der Waals surface area contributed by atoms with E-state index in [2.05, 4.69) is 10.0 Å². The van der Waals surface area contributed by atoms with Gasteiger partial charge in [0.15, 0.2) is 0 Å². The van der Waals surface area contributed by atoms with E-state index in [1.807, 2.05) is 36.5 Å². The first-order chi connectivity index (χ1) is 15.2. The normalized spacial score (nSPS) is 12.4. The highest BCUT2D eigenvalue weighted by molar-refractivity contribution is 7.92. The molecule has 1 aromatic heterocycles. The zero-order valence-corrected chi connectivity index (χ0v) is 20.1. The van der Waals surface area contributed by atoms with Crippen LogP contribution in [0.3, 0.4) is 0 Å². The minimum absolute atomic E-state index is 0.0276. The highest BCUT2D eigenvalue weighted by Crippen LogP contribution is 2.28. The Morgan fingerprint density at radius 1 is 1.12 bits per heavy atom. The minimum Gasteiger partial charge on any atom is -0.495 e. The molecule has 0 saturated carbocycles. The molecule has 2 aromatic carbocycles. The van der Waals surface area contributed by atoms with Gasteiger partial charge in [0, 0.05) is 17.0 Å². The summed E-state index contributed by atoms with van der Waals surface area (Å²) in [6.45, 7) is 2.10. The molecule has 0 spiro atoms. The summed E-state index contributed by atoms with van der Waals surface area (Å²) in [6, 6.07) is 15.5. The van der Waals surface area contributed by atoms with Crippen molar-refractivity contribution in [1.82, 2.24) is 10.2 Å². The van der Waals surface area contributed by atoms with Gasteiger partial charge in [-0.1, -0.05) is 24.3 Å². The molecule has 1 unspecified atom stereocenters. The standard InChI is InChI=1S/C23H27N3O4S2/c1-16-11-12-17(23(27)24-15-19(26(2)3)21-10-7-13-31-21)14-22(16)32(28,29)25-18-8-5-6-9-20(18)30-4/h5-14,19,25H,15H2,1-4H3,(H,24,27). The van der Waals surface area contributed by atoms with Crippen molar-refractivity contribution in [3.8, 4) is 5.75 Å². The molecular weight excluding hydrogens is 446 g/mol. The molecule has 3 rings (SSSR count).